The van der Waals surface area contributed by atoms with Gasteiger partial charge in [-0.3, -0.25) is 0 Å². The molecule has 0 unspecified atom stereocenters. The van der Waals surface area contributed by atoms with Crippen molar-refractivity contribution in [2.45, 2.75) is 201 Å². The first-order valence-corrected chi connectivity index (χ1v) is 21.7. The molecule has 0 saturated heterocycles. The molecule has 0 radical (unpaired) electrons. The van der Waals surface area contributed by atoms with Gasteiger partial charge in [0.25, 0.3) is 0 Å². The molecule has 0 fully saturated rings. The van der Waals surface area contributed by atoms with Crippen molar-refractivity contribution in [3.8, 4) is 11.5 Å². The fourth-order valence-corrected chi connectivity index (χ4v) is 7.13. The van der Waals surface area contributed by atoms with E-state index >= 15 is 0 Å². The number of hydrogen-bond acceptors (Lipinski definition) is 5. The van der Waals surface area contributed by atoms with Crippen LogP contribution < -0.4 is 9.47 Å². The van der Waals surface area contributed by atoms with E-state index in [-0.39, 0.29) is 0 Å². The largest absolute Gasteiger partial charge is 0.430 e. The molecule has 0 aromatic heterocycles. The number of unbranched alkanes of at least 4 members (excludes halogenated alkanes) is 20. The van der Waals surface area contributed by atoms with Gasteiger partial charge < -0.3 is 24.0 Å². The van der Waals surface area contributed by atoms with Gasteiger partial charge in [-0.25, -0.2) is 0 Å². The molecule has 3 rings (SSSR count). The van der Waals surface area contributed by atoms with Crippen molar-refractivity contribution in [3.63, 3.8) is 0 Å². The number of benzene rings is 1. The Hall–Kier alpha value is -1.30. The van der Waals surface area contributed by atoms with Crippen molar-refractivity contribution < 1.29 is 14.2 Å². The highest BCUT2D eigenvalue weighted by molar-refractivity contribution is 5.33. The quantitative estimate of drug-likeness (QED) is 0.0656. The van der Waals surface area contributed by atoms with Crippen LogP contribution in [0.5, 0.6) is 11.5 Å². The maximum Gasteiger partial charge on any atom is 0.372 e. The van der Waals surface area contributed by atoms with Gasteiger partial charge >= 0.3 is 5.97 Å². The zero-order chi connectivity index (χ0) is 35.1. The second-order valence-corrected chi connectivity index (χ2v) is 15.1. The summed E-state index contributed by atoms with van der Waals surface area (Å²) in [7, 11) is 0. The molecular weight excluding hydrogens is 604 g/mol. The van der Waals surface area contributed by atoms with E-state index in [1.165, 1.54) is 167 Å². The van der Waals surface area contributed by atoms with Crippen LogP contribution in [0.25, 0.3) is 0 Å². The Morgan fingerprint density at radius 3 is 1.08 bits per heavy atom. The molecule has 286 valence electrons. The minimum absolute atomic E-state index is 0.652. The second-order valence-electron chi connectivity index (χ2n) is 15.1. The minimum Gasteiger partial charge on any atom is -0.430 e. The average Bonchev–Trinajstić information content (AvgIpc) is 3.40. The van der Waals surface area contributed by atoms with Crippen LogP contribution in [0.4, 0.5) is 0 Å². The van der Waals surface area contributed by atoms with E-state index in [0.29, 0.717) is 13.0 Å². The van der Waals surface area contributed by atoms with E-state index in [2.05, 4.69) is 37.5 Å². The highest BCUT2D eigenvalue weighted by atomic mass is 16.9. The number of rotatable bonds is 36. The zero-order valence-electron chi connectivity index (χ0n) is 33.3. The number of ether oxygens (including phenoxy) is 3. The zero-order valence-corrected chi connectivity index (χ0v) is 33.3. The first-order chi connectivity index (χ1) is 24.1. The van der Waals surface area contributed by atoms with Crippen LogP contribution in [-0.2, 0) is 4.74 Å². The molecule has 0 saturated carbocycles. The van der Waals surface area contributed by atoms with E-state index in [4.69, 9.17) is 14.2 Å². The minimum atomic E-state index is -1.05. The van der Waals surface area contributed by atoms with E-state index in [9.17, 15) is 0 Å². The lowest BCUT2D eigenvalue weighted by Gasteiger charge is -2.34. The summed E-state index contributed by atoms with van der Waals surface area (Å²) in [6, 6.07) is 8.09. The molecule has 2 aliphatic heterocycles. The fraction of sp³-hybridized carbons (Fsp3) is 0.864. The topological polar surface area (TPSA) is 34.2 Å². The molecule has 0 aliphatic carbocycles. The first-order valence-electron chi connectivity index (χ1n) is 21.7. The van der Waals surface area contributed by atoms with E-state index in [1.54, 1.807) is 0 Å². The molecule has 0 amide bonds. The van der Waals surface area contributed by atoms with Gasteiger partial charge in [-0.1, -0.05) is 156 Å². The lowest BCUT2D eigenvalue weighted by atomic mass is 10.1. The van der Waals surface area contributed by atoms with Gasteiger partial charge in [0.2, 0.25) is 0 Å². The lowest BCUT2D eigenvalue weighted by Crippen LogP contribution is -2.48. The summed E-state index contributed by atoms with van der Waals surface area (Å²) in [5.41, 5.74) is 0. The summed E-state index contributed by atoms with van der Waals surface area (Å²) in [5, 5.41) is 0. The summed E-state index contributed by atoms with van der Waals surface area (Å²) >= 11 is 0. The van der Waals surface area contributed by atoms with E-state index in [0.717, 1.165) is 44.1 Å². The van der Waals surface area contributed by atoms with Crippen LogP contribution in [0.3, 0.4) is 0 Å². The molecular formula is C44H82N2O3. The standard InChI is InChI=1S/C44H82N2O3/c1-5-9-13-17-21-25-35-45(36-26-22-18-14-10-6-2)39-29-41-47-44(48-42-30-31-43(49-44)33-32-42)34-40-46(37-27-23-19-15-11-7-3)38-28-24-20-16-12-8-4/h30-33H,5-29,34-41H2,1-4H3. The Bertz CT molecular complexity index is 790. The Morgan fingerprint density at radius 1 is 0.408 bits per heavy atom. The second kappa shape index (κ2) is 30.3. The molecule has 5 nitrogen and oxygen atoms in total. The van der Waals surface area contributed by atoms with Crippen molar-refractivity contribution in [1.29, 1.82) is 0 Å². The highest BCUT2D eigenvalue weighted by Crippen LogP contribution is 2.33. The van der Waals surface area contributed by atoms with E-state index < -0.39 is 5.97 Å². The molecule has 1 aromatic carbocycles. The maximum absolute atomic E-state index is 6.69. The Balaban J connectivity index is 1.93. The molecule has 2 bridgehead atoms. The van der Waals surface area contributed by atoms with Crippen LogP contribution in [0.1, 0.15) is 195 Å². The number of fused-ring (bicyclic) bond motifs is 4. The Morgan fingerprint density at radius 2 is 0.714 bits per heavy atom. The van der Waals surface area contributed by atoms with Crippen molar-refractivity contribution in [3.05, 3.63) is 24.3 Å². The third-order valence-corrected chi connectivity index (χ3v) is 10.4. The molecule has 0 atom stereocenters. The van der Waals surface area contributed by atoms with Crippen LogP contribution in [0, 0.1) is 0 Å². The predicted molar refractivity (Wildman–Crippen MR) is 212 cm³/mol. The van der Waals surface area contributed by atoms with Crippen LogP contribution in [-0.4, -0.2) is 61.6 Å². The molecule has 49 heavy (non-hydrogen) atoms. The van der Waals surface area contributed by atoms with E-state index in [1.807, 2.05) is 24.3 Å². The van der Waals surface area contributed by atoms with Gasteiger partial charge in [0.1, 0.15) is 11.5 Å². The van der Waals surface area contributed by atoms with Gasteiger partial charge in [-0.15, -0.1) is 0 Å². The fourth-order valence-electron chi connectivity index (χ4n) is 7.13. The summed E-state index contributed by atoms with van der Waals surface area (Å²) in [4.78, 5) is 5.38. The summed E-state index contributed by atoms with van der Waals surface area (Å²) < 4.78 is 19.8. The Kier molecular flexibility index (Phi) is 27.2. The van der Waals surface area contributed by atoms with Gasteiger partial charge in [0.15, 0.2) is 0 Å². The summed E-state index contributed by atoms with van der Waals surface area (Å²) in [6.07, 6.45) is 34.1. The van der Waals surface area contributed by atoms with Crippen molar-refractivity contribution in [2.75, 3.05) is 45.9 Å². The number of hydrogen-bond donors (Lipinski definition) is 0. The van der Waals surface area contributed by atoms with Crippen LogP contribution in [0.2, 0.25) is 0 Å². The van der Waals surface area contributed by atoms with Gasteiger partial charge in [-0.05, 0) is 82.5 Å². The first kappa shape index (κ1) is 43.9. The third kappa shape index (κ3) is 22.3. The smallest absolute Gasteiger partial charge is 0.372 e. The molecule has 0 spiro atoms. The summed E-state index contributed by atoms with van der Waals surface area (Å²) in [5.74, 6) is 0.626. The van der Waals surface area contributed by atoms with Crippen molar-refractivity contribution in [2.24, 2.45) is 0 Å². The van der Waals surface area contributed by atoms with Gasteiger partial charge in [-0.2, -0.15) is 0 Å². The van der Waals surface area contributed by atoms with Crippen molar-refractivity contribution in [1.82, 2.24) is 9.80 Å². The normalized spacial score (nSPS) is 13.7. The highest BCUT2D eigenvalue weighted by Gasteiger charge is 2.39. The molecule has 0 N–H and O–H groups in total. The summed E-state index contributed by atoms with van der Waals surface area (Å²) in [6.45, 7) is 16.6. The monoisotopic (exact) mass is 687 g/mol. The van der Waals surface area contributed by atoms with Crippen LogP contribution in [0.15, 0.2) is 24.3 Å². The maximum atomic E-state index is 6.69. The molecule has 1 aromatic rings. The van der Waals surface area contributed by atoms with Gasteiger partial charge in [0, 0.05) is 13.1 Å². The Labute approximate surface area is 305 Å². The lowest BCUT2D eigenvalue weighted by molar-refractivity contribution is -0.304. The molecule has 2 aliphatic rings. The van der Waals surface area contributed by atoms with Gasteiger partial charge in [0.05, 0.1) is 13.0 Å². The third-order valence-electron chi connectivity index (χ3n) is 10.4. The van der Waals surface area contributed by atoms with Crippen molar-refractivity contribution >= 4 is 0 Å². The average molecular weight is 687 g/mol. The molecule has 2 heterocycles. The number of nitrogens with zero attached hydrogens (tertiary/aromatic N) is 2. The van der Waals surface area contributed by atoms with Crippen LogP contribution >= 0.6 is 0 Å². The molecule has 5 heteroatoms. The predicted octanol–water partition coefficient (Wildman–Crippen LogP) is 13.0. The SMILES string of the molecule is CCCCCCCCN(CCCCCCCC)CCCOC1(CCN(CCCCCCCC)CCCCCCCC)Oc2ccc(cc2)O1.